The highest BCUT2D eigenvalue weighted by atomic mass is 79.9. The minimum atomic E-state index is -1.03. The maximum Gasteiger partial charge on any atom is 0.244 e. The molecule has 1 aromatic rings. The van der Waals surface area contributed by atoms with E-state index < -0.39 is 5.54 Å². The van der Waals surface area contributed by atoms with Crippen molar-refractivity contribution in [3.05, 3.63) is 34.3 Å². The SMILES string of the molecule is CN(C)C1(CNC(=O)C(C)(N)c2ccc(Br)cc2)CCSC1.Cl.Cl. The molecule has 0 bridgehead atoms. The van der Waals surface area contributed by atoms with Crippen LogP contribution in [0.5, 0.6) is 0 Å². The van der Waals surface area contributed by atoms with Gasteiger partial charge in [-0.3, -0.25) is 4.79 Å². The number of hydrogen-bond donors (Lipinski definition) is 2. The third kappa shape index (κ3) is 5.26. The maximum atomic E-state index is 12.6. The Balaban J connectivity index is 0.00000264. The number of benzene rings is 1. The largest absolute Gasteiger partial charge is 0.352 e. The third-order valence-corrected chi connectivity index (χ3v) is 6.29. The molecule has 2 rings (SSSR count). The van der Waals surface area contributed by atoms with E-state index in [0.29, 0.717) is 6.54 Å². The van der Waals surface area contributed by atoms with Crippen molar-refractivity contribution in [1.82, 2.24) is 10.2 Å². The number of rotatable bonds is 5. The number of halogens is 3. The van der Waals surface area contributed by atoms with Crippen LogP contribution in [0.15, 0.2) is 28.7 Å². The van der Waals surface area contributed by atoms with E-state index in [4.69, 9.17) is 5.73 Å². The van der Waals surface area contributed by atoms with E-state index in [1.165, 1.54) is 0 Å². The van der Waals surface area contributed by atoms with Gasteiger partial charge in [0.1, 0.15) is 5.54 Å². The molecule has 0 aromatic heterocycles. The Kier molecular flexibility index (Phi) is 9.65. The first-order valence-electron chi connectivity index (χ1n) is 7.36. The fourth-order valence-electron chi connectivity index (χ4n) is 2.60. The average Bonchev–Trinajstić information content (AvgIpc) is 2.95. The first-order valence-corrected chi connectivity index (χ1v) is 9.31. The van der Waals surface area contributed by atoms with Gasteiger partial charge in [-0.2, -0.15) is 11.8 Å². The van der Waals surface area contributed by atoms with Crippen molar-refractivity contribution in [2.45, 2.75) is 24.4 Å². The van der Waals surface area contributed by atoms with Gasteiger partial charge in [0.25, 0.3) is 0 Å². The van der Waals surface area contributed by atoms with Gasteiger partial charge in [0, 0.05) is 22.3 Å². The monoisotopic (exact) mass is 457 g/mol. The molecule has 0 spiro atoms. The smallest absolute Gasteiger partial charge is 0.244 e. The van der Waals surface area contributed by atoms with Gasteiger partial charge in [-0.05, 0) is 50.9 Å². The van der Waals surface area contributed by atoms with Crippen molar-refractivity contribution in [1.29, 1.82) is 0 Å². The highest BCUT2D eigenvalue weighted by molar-refractivity contribution is 9.10. The summed E-state index contributed by atoms with van der Waals surface area (Å²) < 4.78 is 0.974. The van der Waals surface area contributed by atoms with Crippen LogP contribution in [0, 0.1) is 0 Å². The summed E-state index contributed by atoms with van der Waals surface area (Å²) in [6.07, 6.45) is 1.09. The molecule has 0 aliphatic carbocycles. The molecule has 4 nitrogen and oxygen atoms in total. The van der Waals surface area contributed by atoms with Crippen LogP contribution >= 0.6 is 52.5 Å². The molecule has 1 aliphatic heterocycles. The summed E-state index contributed by atoms with van der Waals surface area (Å²) in [5, 5.41) is 3.07. The zero-order valence-electron chi connectivity index (χ0n) is 14.2. The van der Waals surface area contributed by atoms with Gasteiger partial charge in [-0.1, -0.05) is 28.1 Å². The highest BCUT2D eigenvalue weighted by Crippen LogP contribution is 2.31. The normalized spacial score (nSPS) is 22.2. The highest BCUT2D eigenvalue weighted by Gasteiger charge is 2.38. The Morgan fingerprint density at radius 3 is 2.42 bits per heavy atom. The Hall–Kier alpha value is 0.0200. The second-order valence-corrected chi connectivity index (χ2v) is 8.33. The van der Waals surface area contributed by atoms with E-state index in [2.05, 4.69) is 40.2 Å². The number of nitrogens with two attached hydrogens (primary N) is 1. The van der Waals surface area contributed by atoms with Gasteiger partial charge in [0.2, 0.25) is 5.91 Å². The topological polar surface area (TPSA) is 58.4 Å². The number of carbonyl (C=O) groups excluding carboxylic acids is 1. The molecule has 8 heteroatoms. The number of nitrogens with one attached hydrogen (secondary N) is 1. The molecule has 1 amide bonds. The molecule has 0 radical (unpaired) electrons. The standard InChI is InChI=1S/C16H24BrN3OS.2ClH/c1-15(18,12-4-6-13(17)7-5-12)14(21)19-10-16(20(2)3)8-9-22-11-16;;/h4-7H,8-11,18H2,1-3H3,(H,19,21);2*1H. The summed E-state index contributed by atoms with van der Waals surface area (Å²) in [5.41, 5.74) is 6.11. The second kappa shape index (κ2) is 9.64. The van der Waals surface area contributed by atoms with Crippen LogP contribution in [0.1, 0.15) is 18.9 Å². The summed E-state index contributed by atoms with van der Waals surface area (Å²) >= 11 is 5.34. The lowest BCUT2D eigenvalue weighted by Gasteiger charge is -2.37. The van der Waals surface area contributed by atoms with Gasteiger partial charge < -0.3 is 16.0 Å². The Labute approximate surface area is 169 Å². The molecule has 2 unspecified atom stereocenters. The van der Waals surface area contributed by atoms with E-state index in [-0.39, 0.29) is 36.3 Å². The molecule has 138 valence electrons. The molecule has 3 N–H and O–H groups in total. The van der Waals surface area contributed by atoms with Crippen LogP contribution in [0.25, 0.3) is 0 Å². The van der Waals surface area contributed by atoms with Gasteiger partial charge in [-0.15, -0.1) is 24.8 Å². The zero-order chi connectivity index (χ0) is 16.4. The van der Waals surface area contributed by atoms with Crippen LogP contribution in [0.3, 0.4) is 0 Å². The third-order valence-electron chi connectivity index (χ3n) is 4.52. The van der Waals surface area contributed by atoms with Gasteiger partial charge in [0.05, 0.1) is 0 Å². The number of nitrogens with zero attached hydrogens (tertiary/aromatic N) is 1. The summed E-state index contributed by atoms with van der Waals surface area (Å²) in [6, 6.07) is 7.58. The van der Waals surface area contributed by atoms with Gasteiger partial charge in [-0.25, -0.2) is 0 Å². The summed E-state index contributed by atoms with van der Waals surface area (Å²) in [7, 11) is 4.16. The van der Waals surface area contributed by atoms with Crippen molar-refractivity contribution in [2.24, 2.45) is 5.73 Å². The van der Waals surface area contributed by atoms with Crippen molar-refractivity contribution in [3.63, 3.8) is 0 Å². The van der Waals surface area contributed by atoms with Crippen molar-refractivity contribution >= 4 is 58.4 Å². The van der Waals surface area contributed by atoms with Crippen LogP contribution in [0.2, 0.25) is 0 Å². The Morgan fingerprint density at radius 2 is 1.96 bits per heavy atom. The van der Waals surface area contributed by atoms with Crippen molar-refractivity contribution in [3.8, 4) is 0 Å². The molecule has 1 heterocycles. The van der Waals surface area contributed by atoms with Crippen molar-refractivity contribution < 1.29 is 4.79 Å². The lowest BCUT2D eigenvalue weighted by molar-refractivity contribution is -0.126. The Bertz CT molecular complexity index is 535. The molecule has 0 saturated carbocycles. The van der Waals surface area contributed by atoms with Gasteiger partial charge >= 0.3 is 0 Å². The second-order valence-electron chi connectivity index (χ2n) is 6.31. The quantitative estimate of drug-likeness (QED) is 0.711. The minimum Gasteiger partial charge on any atom is -0.352 e. The van der Waals surface area contributed by atoms with E-state index in [1.807, 2.05) is 36.0 Å². The number of amides is 1. The number of carbonyl (C=O) groups is 1. The first-order chi connectivity index (χ1) is 10.3. The zero-order valence-corrected chi connectivity index (χ0v) is 18.2. The van der Waals surface area contributed by atoms with Gasteiger partial charge in [0.15, 0.2) is 0 Å². The van der Waals surface area contributed by atoms with Crippen LogP contribution in [0.4, 0.5) is 0 Å². The first kappa shape index (κ1) is 24.0. The predicted molar refractivity (Wildman–Crippen MR) is 112 cm³/mol. The fraction of sp³-hybridized carbons (Fsp3) is 0.562. The molecular weight excluding hydrogens is 433 g/mol. The molecular formula is C16H26BrCl2N3OS. The number of hydrogen-bond acceptors (Lipinski definition) is 4. The molecule has 2 atom stereocenters. The Morgan fingerprint density at radius 1 is 1.38 bits per heavy atom. The molecule has 1 saturated heterocycles. The molecule has 1 fully saturated rings. The van der Waals surface area contributed by atoms with E-state index in [0.717, 1.165) is 28.0 Å². The summed E-state index contributed by atoms with van der Waals surface area (Å²) in [6.45, 7) is 2.40. The van der Waals surface area contributed by atoms with Crippen molar-refractivity contribution in [2.75, 3.05) is 32.1 Å². The number of likely N-dealkylation sites (N-methyl/N-ethyl adjacent to an activating group) is 1. The van der Waals surface area contributed by atoms with Crippen LogP contribution in [-0.4, -0.2) is 48.5 Å². The lowest BCUT2D eigenvalue weighted by atomic mass is 9.91. The van der Waals surface area contributed by atoms with E-state index in [9.17, 15) is 4.79 Å². The summed E-state index contributed by atoms with van der Waals surface area (Å²) in [4.78, 5) is 14.8. The van der Waals surface area contributed by atoms with Crippen LogP contribution < -0.4 is 11.1 Å². The minimum absolute atomic E-state index is 0. The summed E-state index contributed by atoms with van der Waals surface area (Å²) in [5.74, 6) is 2.05. The number of thioether (sulfide) groups is 1. The van der Waals surface area contributed by atoms with E-state index in [1.54, 1.807) is 6.92 Å². The fourth-order valence-corrected chi connectivity index (χ4v) is 4.42. The predicted octanol–water partition coefficient (Wildman–Crippen LogP) is 3.02. The molecule has 24 heavy (non-hydrogen) atoms. The maximum absolute atomic E-state index is 12.6. The lowest BCUT2D eigenvalue weighted by Crippen LogP contribution is -2.57. The average molecular weight is 459 g/mol. The molecule has 1 aliphatic rings. The van der Waals surface area contributed by atoms with Crippen LogP contribution in [-0.2, 0) is 10.3 Å². The molecule has 1 aromatic carbocycles. The van der Waals surface area contributed by atoms with E-state index >= 15 is 0 Å².